The summed E-state index contributed by atoms with van der Waals surface area (Å²) >= 11 is 0. The van der Waals surface area contributed by atoms with Crippen molar-refractivity contribution in [2.24, 2.45) is 22.9 Å². The minimum absolute atomic E-state index is 0.280. The second kappa shape index (κ2) is 12.1. The molecule has 1 aromatic carbocycles. The molecule has 0 spiro atoms. The fourth-order valence-electron chi connectivity index (χ4n) is 2.22. The molecule has 8 N–H and O–H groups in total. The molecular formula is C18H28N4O5. The maximum absolute atomic E-state index is 12.4. The van der Waals surface area contributed by atoms with E-state index in [2.05, 4.69) is 0 Å². The third-order valence-corrected chi connectivity index (χ3v) is 3.80. The van der Waals surface area contributed by atoms with Gasteiger partial charge in [-0.2, -0.15) is 0 Å². The predicted molar refractivity (Wildman–Crippen MR) is 98.9 cm³/mol. The van der Waals surface area contributed by atoms with Crippen LogP contribution in [0.5, 0.6) is 0 Å². The molecule has 0 heterocycles. The largest absolute Gasteiger partial charge is 0.444 e. The predicted octanol–water partition coefficient (Wildman–Crippen LogP) is -0.527. The van der Waals surface area contributed by atoms with Crippen LogP contribution in [0.15, 0.2) is 30.3 Å². The Morgan fingerprint density at radius 2 is 1.33 bits per heavy atom. The summed E-state index contributed by atoms with van der Waals surface area (Å²) in [5.74, 6) is -2.72. The van der Waals surface area contributed by atoms with Gasteiger partial charge >= 0.3 is 17.9 Å². The first kappa shape index (κ1) is 22.7. The molecule has 9 heteroatoms. The summed E-state index contributed by atoms with van der Waals surface area (Å²) in [4.78, 5) is 36.6. The molecule has 0 saturated heterocycles. The number of hydrogen-bond acceptors (Lipinski definition) is 9. The van der Waals surface area contributed by atoms with Crippen LogP contribution in [-0.4, -0.2) is 43.1 Å². The minimum Gasteiger partial charge on any atom is -0.444 e. The molecule has 0 fully saturated rings. The molecule has 27 heavy (non-hydrogen) atoms. The van der Waals surface area contributed by atoms with Gasteiger partial charge in [-0.25, -0.2) is 9.59 Å². The fraction of sp³-hybridized carbons (Fsp3) is 0.500. The Morgan fingerprint density at radius 3 is 1.85 bits per heavy atom. The van der Waals surface area contributed by atoms with E-state index >= 15 is 0 Å². The topological polar surface area (TPSA) is 174 Å². The van der Waals surface area contributed by atoms with Crippen molar-refractivity contribution in [3.8, 4) is 0 Å². The van der Waals surface area contributed by atoms with E-state index in [1.54, 1.807) is 30.3 Å². The molecule has 0 amide bonds. The molecule has 0 aliphatic carbocycles. The molecule has 9 nitrogen and oxygen atoms in total. The van der Waals surface area contributed by atoms with Crippen LogP contribution in [-0.2, 0) is 23.9 Å². The minimum atomic E-state index is -1.42. The third kappa shape index (κ3) is 7.83. The lowest BCUT2D eigenvalue weighted by Gasteiger charge is -2.19. The molecule has 1 aromatic rings. The van der Waals surface area contributed by atoms with Crippen molar-refractivity contribution >= 4 is 17.9 Å². The summed E-state index contributed by atoms with van der Waals surface area (Å²) in [6.07, 6.45) is 0.216. The number of ether oxygens (including phenoxy) is 2. The van der Waals surface area contributed by atoms with Gasteiger partial charge in [0.1, 0.15) is 12.1 Å². The van der Waals surface area contributed by atoms with E-state index in [1.165, 1.54) is 0 Å². The highest BCUT2D eigenvalue weighted by molar-refractivity contribution is 5.92. The van der Waals surface area contributed by atoms with Crippen molar-refractivity contribution in [3.63, 3.8) is 0 Å². The molecule has 0 aliphatic heterocycles. The van der Waals surface area contributed by atoms with E-state index in [1.807, 2.05) is 0 Å². The second-order valence-electron chi connectivity index (χ2n) is 6.04. The van der Waals surface area contributed by atoms with Gasteiger partial charge in [-0.3, -0.25) is 4.79 Å². The molecule has 0 aromatic heterocycles. The zero-order valence-corrected chi connectivity index (χ0v) is 15.2. The number of hydrogen-bond donors (Lipinski definition) is 4. The van der Waals surface area contributed by atoms with Crippen LogP contribution in [0.4, 0.5) is 0 Å². The SMILES string of the molecule is NCCC[C@@H](N)C(=O)OC(=O)C(OC(=O)[C@H](N)CCCN)c1ccccc1. The highest BCUT2D eigenvalue weighted by Gasteiger charge is 2.31. The highest BCUT2D eigenvalue weighted by atomic mass is 16.6. The van der Waals surface area contributed by atoms with Crippen LogP contribution in [0, 0.1) is 0 Å². The van der Waals surface area contributed by atoms with Gasteiger partial charge in [-0.15, -0.1) is 0 Å². The van der Waals surface area contributed by atoms with Crippen LogP contribution in [0.1, 0.15) is 37.4 Å². The van der Waals surface area contributed by atoms with E-state index < -0.39 is 36.1 Å². The van der Waals surface area contributed by atoms with Crippen molar-refractivity contribution in [2.45, 2.75) is 43.9 Å². The average Bonchev–Trinajstić information content (AvgIpc) is 2.68. The Morgan fingerprint density at radius 1 is 0.815 bits per heavy atom. The van der Waals surface area contributed by atoms with Gasteiger partial charge in [0.25, 0.3) is 0 Å². The van der Waals surface area contributed by atoms with Gasteiger partial charge in [0.05, 0.1) is 0 Å². The Hall–Kier alpha value is -2.33. The molecule has 0 bridgehead atoms. The number of carbonyl (C=O) groups excluding carboxylic acids is 3. The Kier molecular flexibility index (Phi) is 10.2. The number of carbonyl (C=O) groups is 3. The van der Waals surface area contributed by atoms with Crippen molar-refractivity contribution in [3.05, 3.63) is 35.9 Å². The summed E-state index contributed by atoms with van der Waals surface area (Å²) in [6, 6.07) is 6.27. The third-order valence-electron chi connectivity index (χ3n) is 3.80. The number of esters is 3. The summed E-state index contributed by atoms with van der Waals surface area (Å²) in [5, 5.41) is 0. The van der Waals surface area contributed by atoms with E-state index in [4.69, 9.17) is 32.4 Å². The lowest BCUT2D eigenvalue weighted by Crippen LogP contribution is -2.38. The van der Waals surface area contributed by atoms with Crippen molar-refractivity contribution in [1.29, 1.82) is 0 Å². The molecule has 1 rings (SSSR count). The van der Waals surface area contributed by atoms with E-state index in [0.717, 1.165) is 0 Å². The molecule has 0 saturated carbocycles. The van der Waals surface area contributed by atoms with Crippen molar-refractivity contribution in [2.75, 3.05) is 13.1 Å². The maximum Gasteiger partial charge on any atom is 0.359 e. The van der Waals surface area contributed by atoms with Gasteiger partial charge in [-0.05, 0) is 38.8 Å². The van der Waals surface area contributed by atoms with Gasteiger partial charge in [0, 0.05) is 5.56 Å². The van der Waals surface area contributed by atoms with Crippen LogP contribution in [0.2, 0.25) is 0 Å². The van der Waals surface area contributed by atoms with Crippen LogP contribution in [0.3, 0.4) is 0 Å². The summed E-state index contributed by atoms with van der Waals surface area (Å²) in [5.41, 5.74) is 22.5. The average molecular weight is 380 g/mol. The second-order valence-corrected chi connectivity index (χ2v) is 6.04. The molecule has 0 radical (unpaired) electrons. The molecular weight excluding hydrogens is 352 g/mol. The highest BCUT2D eigenvalue weighted by Crippen LogP contribution is 2.20. The van der Waals surface area contributed by atoms with Gasteiger partial charge in [-0.1, -0.05) is 30.3 Å². The first-order valence-corrected chi connectivity index (χ1v) is 8.83. The number of rotatable bonds is 11. The summed E-state index contributed by atoms with van der Waals surface area (Å²) < 4.78 is 10.0. The van der Waals surface area contributed by atoms with Crippen molar-refractivity contribution in [1.82, 2.24) is 0 Å². The Bertz CT molecular complexity index is 611. The zero-order chi connectivity index (χ0) is 20.2. The summed E-state index contributed by atoms with van der Waals surface area (Å²) in [7, 11) is 0. The Balaban J connectivity index is 2.84. The first-order chi connectivity index (χ1) is 12.9. The quantitative estimate of drug-likeness (QED) is 0.290. The molecule has 0 aliphatic rings. The monoisotopic (exact) mass is 380 g/mol. The molecule has 1 unspecified atom stereocenters. The van der Waals surface area contributed by atoms with E-state index in [9.17, 15) is 14.4 Å². The smallest absolute Gasteiger partial charge is 0.359 e. The van der Waals surface area contributed by atoms with Crippen LogP contribution >= 0.6 is 0 Å². The standard InChI is InChI=1S/C18H28N4O5/c19-10-4-8-13(21)16(23)26-15(12-6-2-1-3-7-12)18(25)27-17(24)14(22)9-5-11-20/h1-3,6-7,13-15H,4-5,8-11,19-22H2/t13-,14-,15?/m1/s1. The normalized spacial score (nSPS) is 14.1. The van der Waals surface area contributed by atoms with Gasteiger partial charge < -0.3 is 32.4 Å². The Labute approximate surface area is 158 Å². The number of benzene rings is 1. The van der Waals surface area contributed by atoms with E-state index in [0.29, 0.717) is 37.9 Å². The van der Waals surface area contributed by atoms with Gasteiger partial charge in [0.2, 0.25) is 6.10 Å². The summed E-state index contributed by atoms with van der Waals surface area (Å²) in [6.45, 7) is 0.736. The van der Waals surface area contributed by atoms with Crippen LogP contribution < -0.4 is 22.9 Å². The maximum atomic E-state index is 12.4. The zero-order valence-electron chi connectivity index (χ0n) is 15.2. The lowest BCUT2D eigenvalue weighted by atomic mass is 10.1. The van der Waals surface area contributed by atoms with Crippen LogP contribution in [0.25, 0.3) is 0 Å². The molecule has 3 atom stereocenters. The number of nitrogens with two attached hydrogens (primary N) is 4. The lowest BCUT2D eigenvalue weighted by molar-refractivity contribution is -0.175. The first-order valence-electron chi connectivity index (χ1n) is 8.83. The van der Waals surface area contributed by atoms with E-state index in [-0.39, 0.29) is 6.42 Å². The van der Waals surface area contributed by atoms with Crippen molar-refractivity contribution < 1.29 is 23.9 Å². The fourth-order valence-corrected chi connectivity index (χ4v) is 2.22. The van der Waals surface area contributed by atoms with Gasteiger partial charge in [0.15, 0.2) is 0 Å². The molecule has 150 valence electrons.